The fourth-order valence-corrected chi connectivity index (χ4v) is 5.26. The number of carbonyl (C=O) groups is 2. The summed E-state index contributed by atoms with van der Waals surface area (Å²) in [7, 11) is -3.88. The van der Waals surface area contributed by atoms with Crippen molar-refractivity contribution in [3.05, 3.63) is 100 Å². The number of sulfonamides is 1. The number of carbonyl (C=O) groups excluding carboxylic acids is 2. The largest absolute Gasteiger partial charge is 0.355 e. The van der Waals surface area contributed by atoms with Crippen molar-refractivity contribution in [1.82, 2.24) is 10.2 Å². The first-order valence-corrected chi connectivity index (χ1v) is 14.3. The Hall–Kier alpha value is -3.43. The number of likely N-dealkylation sites (N-methyl/N-ethyl adjacent to an activating group) is 1. The van der Waals surface area contributed by atoms with E-state index in [-0.39, 0.29) is 18.9 Å². The summed E-state index contributed by atoms with van der Waals surface area (Å²) >= 11 is 6.06. The molecule has 10 heteroatoms. The molecule has 0 heterocycles. The van der Waals surface area contributed by atoms with Crippen molar-refractivity contribution >= 4 is 39.1 Å². The molecule has 0 fully saturated rings. The van der Waals surface area contributed by atoms with Crippen molar-refractivity contribution in [2.75, 3.05) is 23.7 Å². The highest BCUT2D eigenvalue weighted by Gasteiger charge is 2.33. The Labute approximate surface area is 228 Å². The molecule has 0 spiro atoms. The lowest BCUT2D eigenvalue weighted by molar-refractivity contribution is -0.140. The molecule has 202 valence electrons. The Balaban J connectivity index is 2.05. The van der Waals surface area contributed by atoms with Gasteiger partial charge in [-0.05, 0) is 60.9 Å². The quantitative estimate of drug-likeness (QED) is 0.379. The number of hydrogen-bond acceptors (Lipinski definition) is 4. The second kappa shape index (κ2) is 12.9. The van der Waals surface area contributed by atoms with E-state index >= 15 is 0 Å². The van der Waals surface area contributed by atoms with Gasteiger partial charge in [0.15, 0.2) is 0 Å². The molecule has 2 amide bonds. The van der Waals surface area contributed by atoms with Crippen LogP contribution in [0.25, 0.3) is 0 Å². The third-order valence-electron chi connectivity index (χ3n) is 6.00. The van der Waals surface area contributed by atoms with Gasteiger partial charge >= 0.3 is 0 Å². The van der Waals surface area contributed by atoms with Crippen LogP contribution in [-0.2, 0) is 32.6 Å². The number of nitrogens with one attached hydrogen (secondary N) is 1. The van der Waals surface area contributed by atoms with E-state index in [1.807, 2.05) is 30.3 Å². The second-order valence-electron chi connectivity index (χ2n) is 8.95. The zero-order valence-electron chi connectivity index (χ0n) is 21.5. The molecule has 1 N–H and O–H groups in total. The van der Waals surface area contributed by atoms with Crippen LogP contribution in [0.15, 0.2) is 72.8 Å². The zero-order valence-corrected chi connectivity index (χ0v) is 23.1. The van der Waals surface area contributed by atoms with Crippen LogP contribution in [0.5, 0.6) is 0 Å². The van der Waals surface area contributed by atoms with E-state index in [0.717, 1.165) is 16.1 Å². The topological polar surface area (TPSA) is 86.8 Å². The predicted molar refractivity (Wildman–Crippen MR) is 148 cm³/mol. The van der Waals surface area contributed by atoms with Crippen molar-refractivity contribution in [1.29, 1.82) is 0 Å². The minimum Gasteiger partial charge on any atom is -0.355 e. The Bertz CT molecular complexity index is 1370. The lowest BCUT2D eigenvalue weighted by Gasteiger charge is -2.33. The van der Waals surface area contributed by atoms with E-state index < -0.39 is 34.3 Å². The van der Waals surface area contributed by atoms with Gasteiger partial charge in [0.25, 0.3) is 0 Å². The first kappa shape index (κ1) is 29.1. The summed E-state index contributed by atoms with van der Waals surface area (Å²) in [6.07, 6.45) is 1.22. The maximum Gasteiger partial charge on any atom is 0.244 e. The van der Waals surface area contributed by atoms with E-state index in [4.69, 9.17) is 11.6 Å². The van der Waals surface area contributed by atoms with Gasteiger partial charge in [-0.2, -0.15) is 0 Å². The molecule has 0 aliphatic heterocycles. The normalized spacial score (nSPS) is 12.0. The minimum absolute atomic E-state index is 0.0229. The molecule has 0 aromatic heterocycles. The summed E-state index contributed by atoms with van der Waals surface area (Å²) in [6, 6.07) is 18.6. The Morgan fingerprint density at radius 3 is 2.24 bits per heavy atom. The van der Waals surface area contributed by atoms with Gasteiger partial charge in [-0.1, -0.05) is 54.1 Å². The maximum atomic E-state index is 13.9. The van der Waals surface area contributed by atoms with E-state index in [1.54, 1.807) is 32.0 Å². The van der Waals surface area contributed by atoms with Gasteiger partial charge in [0, 0.05) is 24.5 Å². The van der Waals surface area contributed by atoms with Gasteiger partial charge in [0.2, 0.25) is 21.8 Å². The summed E-state index contributed by atoms with van der Waals surface area (Å²) < 4.78 is 40.2. The summed E-state index contributed by atoms with van der Waals surface area (Å²) in [4.78, 5) is 28.5. The zero-order chi connectivity index (χ0) is 27.9. The standard InChI is InChI=1S/C28H31ClFN3O4S/c1-4-31-28(35)26(17-21-8-6-5-7-9-21)32(18-22-10-13-24(30)14-11-22)27(34)19-33(38(3,36)37)25-15-12-23(29)16-20(25)2/h5-16,26H,4,17-19H2,1-3H3,(H,31,35)/t26-/m0/s1. The van der Waals surface area contributed by atoms with Crippen LogP contribution in [-0.4, -0.2) is 50.5 Å². The highest BCUT2D eigenvalue weighted by molar-refractivity contribution is 7.92. The van der Waals surface area contributed by atoms with Crippen LogP contribution in [0.3, 0.4) is 0 Å². The van der Waals surface area contributed by atoms with Crippen LogP contribution in [0.2, 0.25) is 5.02 Å². The fourth-order valence-electron chi connectivity index (χ4n) is 4.13. The molecule has 0 bridgehead atoms. The first-order chi connectivity index (χ1) is 18.0. The highest BCUT2D eigenvalue weighted by atomic mass is 35.5. The summed E-state index contributed by atoms with van der Waals surface area (Å²) in [5.41, 5.74) is 2.31. The average molecular weight is 560 g/mol. The van der Waals surface area contributed by atoms with Crippen LogP contribution in [0.4, 0.5) is 10.1 Å². The number of hydrogen-bond donors (Lipinski definition) is 1. The Kier molecular flexibility index (Phi) is 9.88. The minimum atomic E-state index is -3.88. The molecule has 0 unspecified atom stereocenters. The molecule has 0 saturated carbocycles. The third-order valence-corrected chi connectivity index (χ3v) is 7.36. The molecule has 3 rings (SSSR count). The number of rotatable bonds is 11. The lowest BCUT2D eigenvalue weighted by Crippen LogP contribution is -2.53. The molecule has 38 heavy (non-hydrogen) atoms. The second-order valence-corrected chi connectivity index (χ2v) is 11.3. The number of anilines is 1. The van der Waals surface area contributed by atoms with Crippen molar-refractivity contribution < 1.29 is 22.4 Å². The highest BCUT2D eigenvalue weighted by Crippen LogP contribution is 2.26. The van der Waals surface area contributed by atoms with Crippen LogP contribution < -0.4 is 9.62 Å². The maximum absolute atomic E-state index is 13.9. The number of benzene rings is 3. The number of halogens is 2. The van der Waals surface area contributed by atoms with Gasteiger partial charge in [-0.15, -0.1) is 0 Å². The number of amides is 2. The molecule has 0 radical (unpaired) electrons. The molecule has 0 aliphatic carbocycles. The number of nitrogens with zero attached hydrogens (tertiary/aromatic N) is 2. The van der Waals surface area contributed by atoms with Crippen molar-refractivity contribution in [3.63, 3.8) is 0 Å². The molecule has 3 aromatic rings. The average Bonchev–Trinajstić information content (AvgIpc) is 2.86. The molecule has 7 nitrogen and oxygen atoms in total. The molecule has 0 aliphatic rings. The van der Waals surface area contributed by atoms with Gasteiger partial charge < -0.3 is 10.2 Å². The van der Waals surface area contributed by atoms with Crippen LogP contribution in [0.1, 0.15) is 23.6 Å². The lowest BCUT2D eigenvalue weighted by atomic mass is 10.0. The van der Waals surface area contributed by atoms with Gasteiger partial charge in [0.05, 0.1) is 11.9 Å². The summed E-state index contributed by atoms with van der Waals surface area (Å²) in [5, 5.41) is 3.22. The Morgan fingerprint density at radius 2 is 1.66 bits per heavy atom. The number of aryl methyl sites for hydroxylation is 1. The summed E-state index contributed by atoms with van der Waals surface area (Å²) in [5.74, 6) is -1.39. The monoisotopic (exact) mass is 559 g/mol. The first-order valence-electron chi connectivity index (χ1n) is 12.1. The van der Waals surface area contributed by atoms with E-state index in [0.29, 0.717) is 28.4 Å². The smallest absolute Gasteiger partial charge is 0.244 e. The molecule has 1 atom stereocenters. The van der Waals surface area contributed by atoms with Crippen molar-refractivity contribution in [2.24, 2.45) is 0 Å². The van der Waals surface area contributed by atoms with E-state index in [2.05, 4.69) is 5.32 Å². The van der Waals surface area contributed by atoms with Crippen molar-refractivity contribution in [2.45, 2.75) is 32.9 Å². The van der Waals surface area contributed by atoms with Crippen LogP contribution >= 0.6 is 11.6 Å². The fraction of sp³-hybridized carbons (Fsp3) is 0.286. The Morgan fingerprint density at radius 1 is 1.00 bits per heavy atom. The van der Waals surface area contributed by atoms with Gasteiger partial charge in [0.1, 0.15) is 18.4 Å². The van der Waals surface area contributed by atoms with Gasteiger partial charge in [-0.3, -0.25) is 13.9 Å². The molecular formula is C28H31ClFN3O4S. The predicted octanol–water partition coefficient (Wildman–Crippen LogP) is 4.33. The molecule has 0 saturated heterocycles. The van der Waals surface area contributed by atoms with Gasteiger partial charge in [-0.25, -0.2) is 12.8 Å². The van der Waals surface area contributed by atoms with Crippen LogP contribution in [0, 0.1) is 12.7 Å². The van der Waals surface area contributed by atoms with Crippen molar-refractivity contribution in [3.8, 4) is 0 Å². The third kappa shape index (κ3) is 7.79. The summed E-state index contributed by atoms with van der Waals surface area (Å²) in [6.45, 7) is 3.27. The SMILES string of the molecule is CCNC(=O)[C@H](Cc1ccccc1)N(Cc1ccc(F)cc1)C(=O)CN(c1ccc(Cl)cc1C)S(C)(=O)=O. The molecule has 3 aromatic carbocycles. The molecular weight excluding hydrogens is 529 g/mol. The van der Waals surface area contributed by atoms with E-state index in [9.17, 15) is 22.4 Å². The van der Waals surface area contributed by atoms with E-state index in [1.165, 1.54) is 29.2 Å².